The molecule has 3 N–H and O–H groups in total. The monoisotopic (exact) mass is 304 g/mol. The van der Waals surface area contributed by atoms with E-state index >= 15 is 0 Å². The Bertz CT molecular complexity index is 342. The van der Waals surface area contributed by atoms with Crippen LogP contribution in [-0.2, 0) is 0 Å². The quantitative estimate of drug-likeness (QED) is 0.869. The van der Waals surface area contributed by atoms with Gasteiger partial charge in [0, 0.05) is 16.7 Å². The Labute approximate surface area is 111 Å². The van der Waals surface area contributed by atoms with Gasteiger partial charge < -0.3 is 11.1 Å². The first-order chi connectivity index (χ1) is 7.54. The molecule has 0 aliphatic carbocycles. The lowest BCUT2D eigenvalue weighted by atomic mass is 9.96. The highest BCUT2D eigenvalue weighted by Crippen LogP contribution is 2.25. The molecule has 1 atom stereocenters. The van der Waals surface area contributed by atoms with Gasteiger partial charge in [0.2, 0.25) is 0 Å². The van der Waals surface area contributed by atoms with E-state index in [1.807, 2.05) is 18.2 Å². The van der Waals surface area contributed by atoms with Crippen LogP contribution in [0.2, 0.25) is 5.02 Å². The maximum absolute atomic E-state index is 5.93. The number of halogens is 2. The van der Waals surface area contributed by atoms with Crippen molar-refractivity contribution >= 4 is 33.2 Å². The number of nitrogens with one attached hydrogen (secondary N) is 1. The molecule has 0 bridgehead atoms. The average Bonchev–Trinajstić information content (AvgIpc) is 2.23. The number of hydrogen-bond donors (Lipinski definition) is 2. The Balaban J connectivity index is 2.57. The fourth-order valence-corrected chi connectivity index (χ4v) is 1.94. The number of benzene rings is 1. The highest BCUT2D eigenvalue weighted by atomic mass is 79.9. The molecule has 0 radical (unpaired) electrons. The second-order valence-electron chi connectivity index (χ2n) is 4.25. The van der Waals surface area contributed by atoms with E-state index in [1.165, 1.54) is 0 Å². The van der Waals surface area contributed by atoms with Crippen molar-refractivity contribution in [1.82, 2.24) is 0 Å². The van der Waals surface area contributed by atoms with Crippen LogP contribution < -0.4 is 11.1 Å². The van der Waals surface area contributed by atoms with E-state index < -0.39 is 0 Å². The number of rotatable bonds is 5. The standard InChI is InChI=1S/C12H18BrClN2/c1-8(2)9(6-15)7-16-10-3-4-12(14)11(13)5-10/h3-5,8-9,16H,6-7,15H2,1-2H3. The van der Waals surface area contributed by atoms with Crippen molar-refractivity contribution in [2.75, 3.05) is 18.4 Å². The molecule has 0 aliphatic rings. The van der Waals surface area contributed by atoms with E-state index in [2.05, 4.69) is 35.1 Å². The zero-order valence-electron chi connectivity index (χ0n) is 9.63. The third kappa shape index (κ3) is 3.96. The van der Waals surface area contributed by atoms with Crippen LogP contribution in [-0.4, -0.2) is 13.1 Å². The van der Waals surface area contributed by atoms with Crippen molar-refractivity contribution < 1.29 is 0 Å². The highest BCUT2D eigenvalue weighted by molar-refractivity contribution is 9.10. The summed E-state index contributed by atoms with van der Waals surface area (Å²) >= 11 is 9.33. The molecule has 4 heteroatoms. The van der Waals surface area contributed by atoms with Crippen molar-refractivity contribution in [3.8, 4) is 0 Å². The molecule has 0 amide bonds. The first-order valence-electron chi connectivity index (χ1n) is 5.43. The molecule has 1 unspecified atom stereocenters. The maximum atomic E-state index is 5.93. The Morgan fingerprint density at radius 1 is 1.44 bits per heavy atom. The van der Waals surface area contributed by atoms with E-state index in [9.17, 15) is 0 Å². The van der Waals surface area contributed by atoms with Crippen LogP contribution in [0.3, 0.4) is 0 Å². The third-order valence-electron chi connectivity index (χ3n) is 2.73. The SMILES string of the molecule is CC(C)C(CN)CNc1ccc(Cl)c(Br)c1. The summed E-state index contributed by atoms with van der Waals surface area (Å²) < 4.78 is 0.910. The van der Waals surface area contributed by atoms with Crippen LogP contribution in [0.25, 0.3) is 0 Å². The van der Waals surface area contributed by atoms with Gasteiger partial charge in [-0.05, 0) is 52.5 Å². The second-order valence-corrected chi connectivity index (χ2v) is 5.51. The lowest BCUT2D eigenvalue weighted by Crippen LogP contribution is -2.27. The second kappa shape index (κ2) is 6.48. The maximum Gasteiger partial charge on any atom is 0.0549 e. The van der Waals surface area contributed by atoms with Gasteiger partial charge in [-0.25, -0.2) is 0 Å². The number of anilines is 1. The van der Waals surface area contributed by atoms with Gasteiger partial charge in [0.05, 0.1) is 5.02 Å². The molecule has 1 aromatic rings. The molecule has 0 aliphatic heterocycles. The van der Waals surface area contributed by atoms with Crippen molar-refractivity contribution in [2.45, 2.75) is 13.8 Å². The summed E-state index contributed by atoms with van der Waals surface area (Å²) in [4.78, 5) is 0. The van der Waals surface area contributed by atoms with E-state index in [1.54, 1.807) is 0 Å². The molecular weight excluding hydrogens is 288 g/mol. The summed E-state index contributed by atoms with van der Waals surface area (Å²) in [5.41, 5.74) is 6.79. The lowest BCUT2D eigenvalue weighted by molar-refractivity contribution is 0.413. The summed E-state index contributed by atoms with van der Waals surface area (Å²) in [6.07, 6.45) is 0. The normalized spacial score (nSPS) is 12.9. The van der Waals surface area contributed by atoms with E-state index in [4.69, 9.17) is 17.3 Å². The van der Waals surface area contributed by atoms with Crippen molar-refractivity contribution in [3.63, 3.8) is 0 Å². The topological polar surface area (TPSA) is 38.0 Å². The predicted molar refractivity (Wildman–Crippen MR) is 75.0 cm³/mol. The van der Waals surface area contributed by atoms with Crippen LogP contribution in [0.5, 0.6) is 0 Å². The molecule has 1 aromatic carbocycles. The third-order valence-corrected chi connectivity index (χ3v) is 3.95. The minimum atomic E-state index is 0.495. The summed E-state index contributed by atoms with van der Waals surface area (Å²) in [6.45, 7) is 5.98. The minimum Gasteiger partial charge on any atom is -0.385 e. The Hall–Kier alpha value is -0.250. The average molecular weight is 306 g/mol. The minimum absolute atomic E-state index is 0.495. The van der Waals surface area contributed by atoms with E-state index in [-0.39, 0.29) is 0 Å². The molecule has 90 valence electrons. The molecule has 0 saturated heterocycles. The fourth-order valence-electron chi connectivity index (χ4n) is 1.45. The smallest absolute Gasteiger partial charge is 0.0549 e. The summed E-state index contributed by atoms with van der Waals surface area (Å²) in [7, 11) is 0. The van der Waals surface area contributed by atoms with Crippen LogP contribution in [0.15, 0.2) is 22.7 Å². The van der Waals surface area contributed by atoms with E-state index in [0.29, 0.717) is 18.4 Å². The Morgan fingerprint density at radius 2 is 2.12 bits per heavy atom. The van der Waals surface area contributed by atoms with Crippen LogP contribution in [0.4, 0.5) is 5.69 Å². The van der Waals surface area contributed by atoms with Gasteiger partial charge in [-0.1, -0.05) is 25.4 Å². The fraction of sp³-hybridized carbons (Fsp3) is 0.500. The number of nitrogens with two attached hydrogens (primary N) is 1. The first-order valence-corrected chi connectivity index (χ1v) is 6.60. The molecule has 0 aromatic heterocycles. The van der Waals surface area contributed by atoms with E-state index in [0.717, 1.165) is 21.7 Å². The lowest BCUT2D eigenvalue weighted by Gasteiger charge is -2.20. The molecule has 0 fully saturated rings. The molecule has 1 rings (SSSR count). The highest BCUT2D eigenvalue weighted by Gasteiger charge is 2.10. The number of hydrogen-bond acceptors (Lipinski definition) is 2. The summed E-state index contributed by atoms with van der Waals surface area (Å²) in [5.74, 6) is 1.09. The molecular formula is C12H18BrClN2. The van der Waals surface area contributed by atoms with Crippen LogP contribution >= 0.6 is 27.5 Å². The molecule has 16 heavy (non-hydrogen) atoms. The Morgan fingerprint density at radius 3 is 2.62 bits per heavy atom. The molecule has 0 heterocycles. The summed E-state index contributed by atoms with van der Waals surface area (Å²) in [5, 5.41) is 4.10. The van der Waals surface area contributed by atoms with Crippen LogP contribution in [0, 0.1) is 11.8 Å². The van der Waals surface area contributed by atoms with Gasteiger partial charge in [0.25, 0.3) is 0 Å². The Kier molecular flexibility index (Phi) is 5.59. The summed E-state index contributed by atoms with van der Waals surface area (Å²) in [6, 6.07) is 5.83. The van der Waals surface area contributed by atoms with Crippen LogP contribution in [0.1, 0.15) is 13.8 Å². The van der Waals surface area contributed by atoms with Gasteiger partial charge in [0.1, 0.15) is 0 Å². The van der Waals surface area contributed by atoms with Gasteiger partial charge in [0.15, 0.2) is 0 Å². The molecule has 2 nitrogen and oxygen atoms in total. The van der Waals surface area contributed by atoms with Crippen molar-refractivity contribution in [3.05, 3.63) is 27.7 Å². The van der Waals surface area contributed by atoms with Crippen molar-refractivity contribution in [1.29, 1.82) is 0 Å². The van der Waals surface area contributed by atoms with Gasteiger partial charge in [-0.15, -0.1) is 0 Å². The van der Waals surface area contributed by atoms with Gasteiger partial charge >= 0.3 is 0 Å². The van der Waals surface area contributed by atoms with Crippen molar-refractivity contribution in [2.24, 2.45) is 17.6 Å². The zero-order valence-corrected chi connectivity index (χ0v) is 12.0. The first kappa shape index (κ1) is 13.8. The zero-order chi connectivity index (χ0) is 12.1. The van der Waals surface area contributed by atoms with Gasteiger partial charge in [-0.2, -0.15) is 0 Å². The predicted octanol–water partition coefficient (Wildman–Crippen LogP) is 3.75. The molecule has 0 spiro atoms. The van der Waals surface area contributed by atoms with Gasteiger partial charge in [-0.3, -0.25) is 0 Å². The largest absolute Gasteiger partial charge is 0.385 e. The molecule has 0 saturated carbocycles.